The molecule has 0 atom stereocenters. The summed E-state index contributed by atoms with van der Waals surface area (Å²) >= 11 is 0. The van der Waals surface area contributed by atoms with E-state index in [2.05, 4.69) is 5.32 Å². The van der Waals surface area contributed by atoms with Gasteiger partial charge in [-0.05, 0) is 5.56 Å². The van der Waals surface area contributed by atoms with Gasteiger partial charge >= 0.3 is 0 Å². The molecule has 1 aromatic rings. The van der Waals surface area contributed by atoms with Gasteiger partial charge < -0.3 is 19.5 Å². The summed E-state index contributed by atoms with van der Waals surface area (Å²) in [5, 5.41) is 2.66. The molecule has 0 saturated heterocycles. The number of carbonyl (C=O) groups excluding carboxylic acids is 1. The van der Waals surface area contributed by atoms with Gasteiger partial charge in [0.15, 0.2) is 6.29 Å². The average Bonchev–Trinajstić information content (AvgIpc) is 2.41. The van der Waals surface area contributed by atoms with E-state index in [1.165, 1.54) is 14.2 Å². The summed E-state index contributed by atoms with van der Waals surface area (Å²) in [6.45, 7) is 0.752. The summed E-state index contributed by atoms with van der Waals surface area (Å²) in [5.41, 5.74) is 1.04. The molecule has 100 valence electrons. The molecule has 0 aromatic heterocycles. The van der Waals surface area contributed by atoms with Crippen molar-refractivity contribution in [2.45, 2.75) is 12.9 Å². The quantitative estimate of drug-likeness (QED) is 0.700. The van der Waals surface area contributed by atoms with Crippen molar-refractivity contribution in [3.8, 4) is 0 Å². The van der Waals surface area contributed by atoms with Crippen LogP contribution in [0.25, 0.3) is 0 Å². The molecule has 0 radical (unpaired) electrons. The van der Waals surface area contributed by atoms with Crippen LogP contribution in [-0.2, 0) is 25.6 Å². The summed E-state index contributed by atoms with van der Waals surface area (Å²) in [6.07, 6.45) is -0.428. The summed E-state index contributed by atoms with van der Waals surface area (Å²) < 4.78 is 15.2. The van der Waals surface area contributed by atoms with Crippen molar-refractivity contribution in [3.05, 3.63) is 35.9 Å². The fourth-order valence-electron chi connectivity index (χ4n) is 1.35. The molecule has 0 aliphatic rings. The molecule has 0 saturated carbocycles. The lowest BCUT2D eigenvalue weighted by molar-refractivity contribution is -0.131. The summed E-state index contributed by atoms with van der Waals surface area (Å²) in [4.78, 5) is 11.4. The zero-order valence-corrected chi connectivity index (χ0v) is 10.7. The van der Waals surface area contributed by atoms with Gasteiger partial charge in [-0.25, -0.2) is 0 Å². The summed E-state index contributed by atoms with van der Waals surface area (Å²) in [7, 11) is 3.04. The second-order valence-corrected chi connectivity index (χ2v) is 3.68. The topological polar surface area (TPSA) is 56.8 Å². The highest BCUT2D eigenvalue weighted by molar-refractivity contribution is 5.77. The average molecular weight is 253 g/mol. The number of benzene rings is 1. The molecule has 5 heteroatoms. The van der Waals surface area contributed by atoms with Crippen LogP contribution in [0.3, 0.4) is 0 Å². The van der Waals surface area contributed by atoms with Crippen molar-refractivity contribution in [1.29, 1.82) is 0 Å². The van der Waals surface area contributed by atoms with Crippen molar-refractivity contribution in [3.63, 3.8) is 0 Å². The van der Waals surface area contributed by atoms with Crippen molar-refractivity contribution < 1.29 is 19.0 Å². The molecule has 0 aliphatic heterocycles. The largest absolute Gasteiger partial charge is 0.367 e. The maximum atomic E-state index is 11.4. The van der Waals surface area contributed by atoms with E-state index in [0.29, 0.717) is 13.2 Å². The Morgan fingerprint density at radius 3 is 2.50 bits per heavy atom. The van der Waals surface area contributed by atoms with Crippen LogP contribution in [0.2, 0.25) is 0 Å². The van der Waals surface area contributed by atoms with Gasteiger partial charge in [-0.3, -0.25) is 4.79 Å². The molecule has 0 aliphatic carbocycles. The van der Waals surface area contributed by atoms with E-state index in [0.717, 1.165) is 5.56 Å². The summed E-state index contributed by atoms with van der Waals surface area (Å²) in [5.74, 6) is -0.190. The molecule has 0 spiro atoms. The minimum absolute atomic E-state index is 0.0229. The number of ether oxygens (including phenoxy) is 3. The van der Waals surface area contributed by atoms with Gasteiger partial charge in [-0.1, -0.05) is 30.3 Å². The van der Waals surface area contributed by atoms with Crippen LogP contribution in [0.15, 0.2) is 30.3 Å². The van der Waals surface area contributed by atoms with Gasteiger partial charge in [-0.15, -0.1) is 0 Å². The predicted molar refractivity (Wildman–Crippen MR) is 66.9 cm³/mol. The molecular weight excluding hydrogens is 234 g/mol. The van der Waals surface area contributed by atoms with E-state index >= 15 is 0 Å². The number of hydrogen-bond acceptors (Lipinski definition) is 4. The lowest BCUT2D eigenvalue weighted by Gasteiger charge is -2.14. The van der Waals surface area contributed by atoms with Crippen LogP contribution in [0.4, 0.5) is 0 Å². The normalized spacial score (nSPS) is 10.6. The highest BCUT2D eigenvalue weighted by Crippen LogP contribution is 1.99. The van der Waals surface area contributed by atoms with Gasteiger partial charge in [-0.2, -0.15) is 0 Å². The molecule has 0 fully saturated rings. The molecule has 1 aromatic carbocycles. The Bertz CT molecular complexity index is 338. The lowest BCUT2D eigenvalue weighted by atomic mass is 10.2. The first kappa shape index (κ1) is 14.6. The van der Waals surface area contributed by atoms with Crippen molar-refractivity contribution in [1.82, 2.24) is 5.32 Å². The van der Waals surface area contributed by atoms with Crippen LogP contribution in [0, 0.1) is 0 Å². The molecule has 0 unspecified atom stereocenters. The SMILES string of the molecule is COC(CNC(=O)COCc1ccccc1)OC. The van der Waals surface area contributed by atoms with E-state index in [1.807, 2.05) is 30.3 Å². The second kappa shape index (κ2) is 8.63. The molecule has 0 bridgehead atoms. The third-order valence-corrected chi connectivity index (χ3v) is 2.34. The maximum Gasteiger partial charge on any atom is 0.246 e. The highest BCUT2D eigenvalue weighted by atomic mass is 16.7. The number of hydrogen-bond donors (Lipinski definition) is 1. The minimum Gasteiger partial charge on any atom is -0.367 e. The molecule has 18 heavy (non-hydrogen) atoms. The van der Waals surface area contributed by atoms with E-state index in [-0.39, 0.29) is 12.5 Å². The molecule has 1 rings (SSSR count). The zero-order valence-electron chi connectivity index (χ0n) is 10.7. The van der Waals surface area contributed by atoms with Crippen LogP contribution >= 0.6 is 0 Å². The Morgan fingerprint density at radius 2 is 1.89 bits per heavy atom. The molecule has 5 nitrogen and oxygen atoms in total. The standard InChI is InChI=1S/C13H19NO4/c1-16-13(17-2)8-14-12(15)10-18-9-11-6-4-3-5-7-11/h3-7,13H,8-10H2,1-2H3,(H,14,15). The number of amides is 1. The van der Waals surface area contributed by atoms with Crippen LogP contribution in [0.5, 0.6) is 0 Å². The first-order valence-corrected chi connectivity index (χ1v) is 5.70. The fourth-order valence-corrected chi connectivity index (χ4v) is 1.35. The number of rotatable bonds is 8. The Kier molecular flexibility index (Phi) is 7.01. The second-order valence-electron chi connectivity index (χ2n) is 3.68. The third kappa shape index (κ3) is 5.77. The highest BCUT2D eigenvalue weighted by Gasteiger charge is 2.07. The number of nitrogens with one attached hydrogen (secondary N) is 1. The number of methoxy groups -OCH3 is 2. The van der Waals surface area contributed by atoms with Crippen molar-refractivity contribution >= 4 is 5.91 Å². The van der Waals surface area contributed by atoms with Crippen molar-refractivity contribution in [2.24, 2.45) is 0 Å². The first-order valence-electron chi connectivity index (χ1n) is 5.70. The van der Waals surface area contributed by atoms with Crippen LogP contribution in [-0.4, -0.2) is 39.6 Å². The zero-order chi connectivity index (χ0) is 13.2. The third-order valence-electron chi connectivity index (χ3n) is 2.34. The van der Waals surface area contributed by atoms with Crippen LogP contribution < -0.4 is 5.32 Å². The van der Waals surface area contributed by atoms with Gasteiger partial charge in [0.1, 0.15) is 6.61 Å². The Hall–Kier alpha value is -1.43. The lowest BCUT2D eigenvalue weighted by Crippen LogP contribution is -2.36. The van der Waals surface area contributed by atoms with Crippen LogP contribution in [0.1, 0.15) is 5.56 Å². The predicted octanol–water partition coefficient (Wildman–Crippen LogP) is 0.938. The first-order chi connectivity index (χ1) is 8.76. The minimum atomic E-state index is -0.428. The molecule has 1 N–H and O–H groups in total. The van der Waals surface area contributed by atoms with Crippen molar-refractivity contribution in [2.75, 3.05) is 27.4 Å². The number of carbonyl (C=O) groups is 1. The van der Waals surface area contributed by atoms with E-state index in [4.69, 9.17) is 14.2 Å². The Labute approximate surface area is 107 Å². The van der Waals surface area contributed by atoms with Gasteiger partial charge in [0.25, 0.3) is 0 Å². The maximum absolute atomic E-state index is 11.4. The summed E-state index contributed by atoms with van der Waals surface area (Å²) in [6, 6.07) is 9.69. The van der Waals surface area contributed by atoms with E-state index < -0.39 is 6.29 Å². The van der Waals surface area contributed by atoms with E-state index in [1.54, 1.807) is 0 Å². The molecule has 0 heterocycles. The fraction of sp³-hybridized carbons (Fsp3) is 0.462. The van der Waals surface area contributed by atoms with E-state index in [9.17, 15) is 4.79 Å². The Balaban J connectivity index is 2.14. The van der Waals surface area contributed by atoms with Gasteiger partial charge in [0.2, 0.25) is 5.91 Å². The van der Waals surface area contributed by atoms with Gasteiger partial charge in [0.05, 0.1) is 13.2 Å². The molecular formula is C13H19NO4. The Morgan fingerprint density at radius 1 is 1.22 bits per heavy atom. The van der Waals surface area contributed by atoms with Gasteiger partial charge in [0, 0.05) is 14.2 Å². The molecule has 1 amide bonds. The smallest absolute Gasteiger partial charge is 0.246 e. The monoisotopic (exact) mass is 253 g/mol.